The van der Waals surface area contributed by atoms with Crippen molar-refractivity contribution < 1.29 is 9.47 Å². The molecule has 0 aliphatic carbocycles. The van der Waals surface area contributed by atoms with Crippen LogP contribution in [0, 0.1) is 0 Å². The van der Waals surface area contributed by atoms with Crippen molar-refractivity contribution in [2.45, 2.75) is 19.8 Å². The van der Waals surface area contributed by atoms with E-state index in [4.69, 9.17) is 9.47 Å². The molecule has 1 heterocycles. The molecular formula is C20H23N5O2. The molecule has 3 rings (SSSR count). The predicted molar refractivity (Wildman–Crippen MR) is 106 cm³/mol. The lowest BCUT2D eigenvalue weighted by Crippen LogP contribution is -2.04. The fraction of sp³-hybridized carbons (Fsp3) is 0.250. The minimum Gasteiger partial charge on any atom is -0.493 e. The van der Waals surface area contributed by atoms with Crippen LogP contribution in [0.1, 0.15) is 25.3 Å². The standard InChI is InChI=1S/C20H23N5O2/c1-13(2)15-7-5-6-8-16(15)23-19-12-21-25-20(24-19)22-14-9-10-17(26-3)18(11-14)27-4/h5-13H,1-4H3,(H2,22,23,24,25). The van der Waals surface area contributed by atoms with Crippen molar-refractivity contribution in [3.8, 4) is 11.5 Å². The molecule has 0 spiro atoms. The van der Waals surface area contributed by atoms with Crippen molar-refractivity contribution in [1.82, 2.24) is 15.2 Å². The van der Waals surface area contributed by atoms with E-state index in [-0.39, 0.29) is 0 Å². The fourth-order valence-electron chi connectivity index (χ4n) is 2.71. The molecule has 1 aromatic heterocycles. The highest BCUT2D eigenvalue weighted by Crippen LogP contribution is 2.31. The number of aromatic nitrogens is 3. The van der Waals surface area contributed by atoms with Gasteiger partial charge in [-0.3, -0.25) is 0 Å². The molecule has 2 N–H and O–H groups in total. The molecule has 0 saturated heterocycles. The maximum absolute atomic E-state index is 5.32. The van der Waals surface area contributed by atoms with Gasteiger partial charge >= 0.3 is 0 Å². The smallest absolute Gasteiger partial charge is 0.249 e. The minimum atomic E-state index is 0.384. The van der Waals surface area contributed by atoms with E-state index in [1.54, 1.807) is 20.4 Å². The summed E-state index contributed by atoms with van der Waals surface area (Å²) in [4.78, 5) is 4.49. The third-order valence-electron chi connectivity index (χ3n) is 4.04. The predicted octanol–water partition coefficient (Wildman–Crippen LogP) is 4.50. The highest BCUT2D eigenvalue weighted by molar-refractivity contribution is 5.63. The number of para-hydroxylation sites is 1. The second-order valence-corrected chi connectivity index (χ2v) is 6.23. The second kappa shape index (κ2) is 8.35. The van der Waals surface area contributed by atoms with Crippen molar-refractivity contribution >= 4 is 23.1 Å². The van der Waals surface area contributed by atoms with Crippen LogP contribution < -0.4 is 20.1 Å². The molecule has 7 heteroatoms. The molecule has 0 bridgehead atoms. The first-order chi connectivity index (χ1) is 13.1. The SMILES string of the molecule is COc1ccc(Nc2nncc(Nc3ccccc3C(C)C)n2)cc1OC. The van der Waals surface area contributed by atoms with Gasteiger partial charge in [0.15, 0.2) is 17.3 Å². The van der Waals surface area contributed by atoms with Crippen molar-refractivity contribution in [2.75, 3.05) is 24.9 Å². The van der Waals surface area contributed by atoms with Crippen molar-refractivity contribution in [1.29, 1.82) is 0 Å². The summed E-state index contributed by atoms with van der Waals surface area (Å²) in [7, 11) is 3.19. The average Bonchev–Trinajstić information content (AvgIpc) is 2.68. The summed E-state index contributed by atoms with van der Waals surface area (Å²) in [5.74, 6) is 2.67. The molecule has 0 aliphatic rings. The van der Waals surface area contributed by atoms with Crippen molar-refractivity contribution in [3.05, 3.63) is 54.2 Å². The lowest BCUT2D eigenvalue weighted by molar-refractivity contribution is 0.355. The maximum atomic E-state index is 5.32. The van der Waals surface area contributed by atoms with Gasteiger partial charge in [0.25, 0.3) is 0 Å². The van der Waals surface area contributed by atoms with Gasteiger partial charge in [-0.25, -0.2) is 0 Å². The van der Waals surface area contributed by atoms with E-state index in [1.807, 2.05) is 36.4 Å². The monoisotopic (exact) mass is 365 g/mol. The molecule has 27 heavy (non-hydrogen) atoms. The zero-order valence-corrected chi connectivity index (χ0v) is 15.9. The first kappa shape index (κ1) is 18.4. The van der Waals surface area contributed by atoms with Crippen LogP contribution in [0.2, 0.25) is 0 Å². The number of hydrogen-bond acceptors (Lipinski definition) is 7. The van der Waals surface area contributed by atoms with E-state index in [0.29, 0.717) is 29.2 Å². The Balaban J connectivity index is 1.80. The fourth-order valence-corrected chi connectivity index (χ4v) is 2.71. The summed E-state index contributed by atoms with van der Waals surface area (Å²) in [6.07, 6.45) is 1.59. The van der Waals surface area contributed by atoms with Crippen LogP contribution in [0.25, 0.3) is 0 Å². The molecule has 0 unspecified atom stereocenters. The summed E-state index contributed by atoms with van der Waals surface area (Å²) in [6, 6.07) is 13.6. The van der Waals surface area contributed by atoms with Crippen LogP contribution in [0.5, 0.6) is 11.5 Å². The Hall–Kier alpha value is -3.35. The number of ether oxygens (including phenoxy) is 2. The van der Waals surface area contributed by atoms with Crippen LogP contribution in [0.3, 0.4) is 0 Å². The van der Waals surface area contributed by atoms with Gasteiger partial charge in [-0.2, -0.15) is 10.1 Å². The first-order valence-corrected chi connectivity index (χ1v) is 8.65. The summed E-state index contributed by atoms with van der Waals surface area (Å²) < 4.78 is 10.6. The first-order valence-electron chi connectivity index (χ1n) is 8.65. The molecule has 3 aromatic rings. The quantitative estimate of drug-likeness (QED) is 0.638. The van der Waals surface area contributed by atoms with Crippen LogP contribution in [0.15, 0.2) is 48.7 Å². The molecule has 0 amide bonds. The summed E-state index contributed by atoms with van der Waals surface area (Å²) >= 11 is 0. The Morgan fingerprint density at radius 1 is 0.926 bits per heavy atom. The number of nitrogens with zero attached hydrogens (tertiary/aromatic N) is 3. The Morgan fingerprint density at radius 3 is 2.44 bits per heavy atom. The third-order valence-corrected chi connectivity index (χ3v) is 4.04. The van der Waals surface area contributed by atoms with E-state index >= 15 is 0 Å². The Morgan fingerprint density at radius 2 is 1.70 bits per heavy atom. The Labute approximate surface area is 158 Å². The van der Waals surface area contributed by atoms with E-state index in [0.717, 1.165) is 11.4 Å². The zero-order valence-electron chi connectivity index (χ0n) is 15.9. The number of rotatable bonds is 7. The van der Waals surface area contributed by atoms with Crippen LogP contribution in [0.4, 0.5) is 23.1 Å². The van der Waals surface area contributed by atoms with Crippen molar-refractivity contribution in [3.63, 3.8) is 0 Å². The highest BCUT2D eigenvalue weighted by Gasteiger charge is 2.09. The molecule has 0 atom stereocenters. The molecule has 7 nitrogen and oxygen atoms in total. The largest absolute Gasteiger partial charge is 0.493 e. The summed E-state index contributed by atoms with van der Waals surface area (Å²) in [5.41, 5.74) is 2.99. The van der Waals surface area contributed by atoms with E-state index in [1.165, 1.54) is 5.56 Å². The van der Waals surface area contributed by atoms with Crippen LogP contribution >= 0.6 is 0 Å². The lowest BCUT2D eigenvalue weighted by atomic mass is 10.0. The van der Waals surface area contributed by atoms with Gasteiger partial charge in [-0.05, 0) is 29.7 Å². The van der Waals surface area contributed by atoms with E-state index < -0.39 is 0 Å². The van der Waals surface area contributed by atoms with Gasteiger partial charge < -0.3 is 20.1 Å². The Bertz CT molecular complexity index is 914. The van der Waals surface area contributed by atoms with Gasteiger partial charge in [-0.15, -0.1) is 5.10 Å². The zero-order chi connectivity index (χ0) is 19.2. The summed E-state index contributed by atoms with van der Waals surface area (Å²) in [6.45, 7) is 4.31. The molecule has 140 valence electrons. The minimum absolute atomic E-state index is 0.384. The van der Waals surface area contributed by atoms with Gasteiger partial charge in [-0.1, -0.05) is 32.0 Å². The molecule has 0 fully saturated rings. The van der Waals surface area contributed by atoms with Gasteiger partial charge in [0.05, 0.1) is 20.4 Å². The maximum Gasteiger partial charge on any atom is 0.249 e. The number of anilines is 4. The molecule has 0 radical (unpaired) electrons. The van der Waals surface area contributed by atoms with E-state index in [2.05, 4.69) is 45.7 Å². The van der Waals surface area contributed by atoms with E-state index in [9.17, 15) is 0 Å². The lowest BCUT2D eigenvalue weighted by Gasteiger charge is -2.14. The molecular weight excluding hydrogens is 342 g/mol. The molecule has 0 aliphatic heterocycles. The normalized spacial score (nSPS) is 10.6. The topological polar surface area (TPSA) is 81.2 Å². The Kier molecular flexibility index (Phi) is 5.71. The molecule has 0 saturated carbocycles. The number of benzene rings is 2. The van der Waals surface area contributed by atoms with Gasteiger partial charge in [0.2, 0.25) is 5.95 Å². The third kappa shape index (κ3) is 4.44. The average molecular weight is 365 g/mol. The number of nitrogens with one attached hydrogen (secondary N) is 2. The summed E-state index contributed by atoms with van der Waals surface area (Å²) in [5, 5.41) is 14.5. The highest BCUT2D eigenvalue weighted by atomic mass is 16.5. The second-order valence-electron chi connectivity index (χ2n) is 6.23. The van der Waals surface area contributed by atoms with Gasteiger partial charge in [0.1, 0.15) is 0 Å². The molecule has 2 aromatic carbocycles. The van der Waals surface area contributed by atoms with Crippen LogP contribution in [-0.4, -0.2) is 29.4 Å². The number of hydrogen-bond donors (Lipinski definition) is 2. The van der Waals surface area contributed by atoms with Crippen LogP contribution in [-0.2, 0) is 0 Å². The van der Waals surface area contributed by atoms with Crippen molar-refractivity contribution in [2.24, 2.45) is 0 Å². The number of methoxy groups -OCH3 is 2. The van der Waals surface area contributed by atoms with Gasteiger partial charge in [0, 0.05) is 17.4 Å².